The second kappa shape index (κ2) is 6.44. The third-order valence-electron chi connectivity index (χ3n) is 1.73. The molecule has 1 radical (unpaired) electrons. The van der Waals surface area contributed by atoms with E-state index in [4.69, 9.17) is 0 Å². The van der Waals surface area contributed by atoms with E-state index < -0.39 is 0 Å². The summed E-state index contributed by atoms with van der Waals surface area (Å²) >= 11 is 0. The molecule has 0 aliphatic rings. The van der Waals surface area contributed by atoms with Crippen LogP contribution in [0.1, 0.15) is 0 Å². The second-order valence-electron chi connectivity index (χ2n) is 2.58. The Morgan fingerprint density at radius 3 is 2.00 bits per heavy atom. The zero-order valence-electron chi connectivity index (χ0n) is 7.48. The first-order valence-electron chi connectivity index (χ1n) is 3.93. The van der Waals surface area contributed by atoms with Gasteiger partial charge in [0.05, 0.1) is 5.69 Å². The molecule has 0 amide bonds. The summed E-state index contributed by atoms with van der Waals surface area (Å²) < 4.78 is 0. The minimum atomic E-state index is 0. The van der Waals surface area contributed by atoms with Crippen molar-refractivity contribution in [2.75, 3.05) is 0 Å². The van der Waals surface area contributed by atoms with Crippen LogP contribution in [0.3, 0.4) is 0 Å². The van der Waals surface area contributed by atoms with Crippen LogP contribution < -0.4 is 0 Å². The zero-order chi connectivity index (χ0) is 8.23. The summed E-state index contributed by atoms with van der Waals surface area (Å²) in [5, 5.41) is 0. The number of aromatic nitrogens is 1. The molecule has 0 aliphatic carbocycles. The maximum absolute atomic E-state index is 4.25. The number of hydrogen-bond donors (Lipinski definition) is 0. The molecular weight excluding hydrogens is 354 g/mol. The van der Waals surface area contributed by atoms with E-state index in [9.17, 15) is 0 Å². The molecule has 0 spiro atoms. The van der Waals surface area contributed by atoms with E-state index >= 15 is 0 Å². The summed E-state index contributed by atoms with van der Waals surface area (Å²) in [6.45, 7) is 0. The maximum Gasteiger partial charge on any atom is 0.0701 e. The summed E-state index contributed by atoms with van der Waals surface area (Å²) in [5.41, 5.74) is 2.19. The van der Waals surface area contributed by atoms with Crippen LogP contribution in [0.15, 0.2) is 54.7 Å². The molecule has 0 unspecified atom stereocenters. The number of rotatable bonds is 1. The predicted octanol–water partition coefficient (Wildman–Crippen LogP) is 1.92. The molecule has 0 bridgehead atoms. The molecule has 0 fully saturated rings. The second-order valence-corrected chi connectivity index (χ2v) is 2.58. The number of pyridine rings is 1. The van der Waals surface area contributed by atoms with Crippen molar-refractivity contribution in [3.63, 3.8) is 0 Å². The van der Waals surface area contributed by atoms with Crippen molar-refractivity contribution in [1.29, 1.82) is 0 Å². The largest absolute Gasteiger partial charge is 0.412 e. The number of benzene rings is 1. The van der Waals surface area contributed by atoms with Crippen molar-refractivity contribution >= 4 is 0 Å². The van der Waals surface area contributed by atoms with Gasteiger partial charge in [-0.25, -0.2) is 0 Å². The molecule has 0 saturated carbocycles. The van der Waals surface area contributed by atoms with Crippen LogP contribution in [0.4, 0.5) is 0 Å². The Bertz CT molecular complexity index is 313. The molecule has 1 aromatic heterocycles. The third-order valence-corrected chi connectivity index (χ3v) is 1.73. The quantitative estimate of drug-likeness (QED) is 0.762. The van der Waals surface area contributed by atoms with Gasteiger partial charge in [0, 0.05) is 31.9 Å². The Hall–Kier alpha value is -1.02. The van der Waals surface area contributed by atoms with E-state index in [-0.39, 0.29) is 25.6 Å². The molecule has 14 heavy (non-hydrogen) atoms. The summed E-state index contributed by atoms with van der Waals surface area (Å²) in [4.78, 5) is 4.25. The van der Waals surface area contributed by atoms with Crippen LogP contribution in [0.25, 0.3) is 11.3 Å². The van der Waals surface area contributed by atoms with E-state index in [0.717, 1.165) is 11.3 Å². The Morgan fingerprint density at radius 1 is 0.786 bits per heavy atom. The molecule has 75 valence electrons. The fourth-order valence-corrected chi connectivity index (χ4v) is 1.14. The van der Waals surface area contributed by atoms with Gasteiger partial charge in [-0.2, -0.15) is 0 Å². The summed E-state index contributed by atoms with van der Waals surface area (Å²) in [7, 11) is 0. The smallest absolute Gasteiger partial charge is 0.0701 e. The van der Waals surface area contributed by atoms with Gasteiger partial charge in [-0.1, -0.05) is 36.4 Å². The summed E-state index contributed by atoms with van der Waals surface area (Å²) in [6.07, 6.45) is 1.81. The third kappa shape index (κ3) is 3.04. The SMILES string of the molecule is O.[Ir].c1ccc(-c2ccccn2)cc1. The van der Waals surface area contributed by atoms with Crippen LogP contribution >= 0.6 is 0 Å². The van der Waals surface area contributed by atoms with E-state index in [1.54, 1.807) is 0 Å². The average Bonchev–Trinajstić information content (AvgIpc) is 2.21. The molecule has 3 heteroatoms. The molecular formula is C11H11IrNO. The van der Waals surface area contributed by atoms with Crippen molar-refractivity contribution in [1.82, 2.24) is 4.98 Å². The Balaban J connectivity index is 0.000000845. The molecule has 2 aromatic rings. The van der Waals surface area contributed by atoms with Crippen molar-refractivity contribution in [2.45, 2.75) is 0 Å². The normalized spacial score (nSPS) is 8.29. The Labute approximate surface area is 96.7 Å². The number of nitrogens with zero attached hydrogens (tertiary/aromatic N) is 1. The van der Waals surface area contributed by atoms with Crippen molar-refractivity contribution in [3.8, 4) is 11.3 Å². The molecule has 1 aromatic carbocycles. The van der Waals surface area contributed by atoms with Crippen molar-refractivity contribution in [2.24, 2.45) is 0 Å². The first-order chi connectivity index (χ1) is 5.97. The first kappa shape index (κ1) is 13.0. The monoisotopic (exact) mass is 366 g/mol. The molecule has 2 rings (SSSR count). The Morgan fingerprint density at radius 2 is 1.43 bits per heavy atom. The van der Waals surface area contributed by atoms with E-state index in [2.05, 4.69) is 17.1 Å². The van der Waals surface area contributed by atoms with Crippen LogP contribution in [0, 0.1) is 0 Å². The minimum absolute atomic E-state index is 0. The standard InChI is InChI=1S/C11H9N.Ir.H2O/c1-2-6-10(7-3-1)11-8-4-5-9-12-11;;/h1-9H;;1H2. The Kier molecular flexibility index (Phi) is 5.97. The van der Waals surface area contributed by atoms with Crippen LogP contribution in [-0.2, 0) is 20.1 Å². The molecule has 1 heterocycles. The zero-order valence-corrected chi connectivity index (χ0v) is 9.87. The van der Waals surface area contributed by atoms with Crippen molar-refractivity contribution < 1.29 is 25.6 Å². The molecule has 0 saturated heterocycles. The molecule has 2 N–H and O–H groups in total. The van der Waals surface area contributed by atoms with E-state index in [0.29, 0.717) is 0 Å². The summed E-state index contributed by atoms with van der Waals surface area (Å²) in [5.74, 6) is 0. The van der Waals surface area contributed by atoms with E-state index in [1.807, 2.05) is 42.6 Å². The number of hydrogen-bond acceptors (Lipinski definition) is 1. The topological polar surface area (TPSA) is 44.4 Å². The van der Waals surface area contributed by atoms with Gasteiger partial charge in [0.1, 0.15) is 0 Å². The first-order valence-corrected chi connectivity index (χ1v) is 3.93. The molecule has 0 aliphatic heterocycles. The van der Waals surface area contributed by atoms with Crippen LogP contribution in [0.2, 0.25) is 0 Å². The van der Waals surface area contributed by atoms with Crippen LogP contribution in [0.5, 0.6) is 0 Å². The van der Waals surface area contributed by atoms with E-state index in [1.165, 1.54) is 0 Å². The fraction of sp³-hybridized carbons (Fsp3) is 0. The van der Waals surface area contributed by atoms with Crippen LogP contribution in [-0.4, -0.2) is 10.5 Å². The van der Waals surface area contributed by atoms with Gasteiger partial charge in [-0.15, -0.1) is 0 Å². The fourth-order valence-electron chi connectivity index (χ4n) is 1.14. The summed E-state index contributed by atoms with van der Waals surface area (Å²) in [6, 6.07) is 16.1. The average molecular weight is 365 g/mol. The van der Waals surface area contributed by atoms with Gasteiger partial charge in [0.2, 0.25) is 0 Å². The van der Waals surface area contributed by atoms with Gasteiger partial charge in [0.15, 0.2) is 0 Å². The van der Waals surface area contributed by atoms with Gasteiger partial charge < -0.3 is 5.48 Å². The van der Waals surface area contributed by atoms with Gasteiger partial charge in [0.25, 0.3) is 0 Å². The minimum Gasteiger partial charge on any atom is -0.412 e. The maximum atomic E-state index is 4.25. The van der Waals surface area contributed by atoms with Gasteiger partial charge in [-0.3, -0.25) is 4.98 Å². The van der Waals surface area contributed by atoms with Crippen molar-refractivity contribution in [3.05, 3.63) is 54.7 Å². The van der Waals surface area contributed by atoms with Gasteiger partial charge in [-0.05, 0) is 12.1 Å². The van der Waals surface area contributed by atoms with Gasteiger partial charge >= 0.3 is 0 Å². The molecule has 0 atom stereocenters. The predicted molar refractivity (Wildman–Crippen MR) is 53.3 cm³/mol. The molecule has 2 nitrogen and oxygen atoms in total.